The summed E-state index contributed by atoms with van der Waals surface area (Å²) in [5.74, 6) is -0.186. The molecule has 0 fully saturated rings. The lowest BCUT2D eigenvalue weighted by atomic mass is 10.1. The quantitative estimate of drug-likeness (QED) is 0.721. The van der Waals surface area contributed by atoms with Crippen molar-refractivity contribution in [3.8, 4) is 0 Å². The lowest BCUT2D eigenvalue weighted by Crippen LogP contribution is -2.29. The van der Waals surface area contributed by atoms with Gasteiger partial charge in [0.1, 0.15) is 0 Å². The first kappa shape index (κ1) is 15.4. The Labute approximate surface area is 117 Å². The van der Waals surface area contributed by atoms with Gasteiger partial charge in [-0.15, -0.1) is 0 Å². The van der Waals surface area contributed by atoms with Gasteiger partial charge in [-0.1, -0.05) is 29.3 Å². The van der Waals surface area contributed by atoms with Crippen LogP contribution < -0.4 is 0 Å². The zero-order valence-electron chi connectivity index (χ0n) is 10.4. The molecule has 1 rings (SSSR count). The summed E-state index contributed by atoms with van der Waals surface area (Å²) < 4.78 is 10.5. The Morgan fingerprint density at radius 3 is 2.11 bits per heavy atom. The highest BCUT2D eigenvalue weighted by Gasteiger charge is 2.21. The Balaban J connectivity index is 2.79. The summed E-state index contributed by atoms with van der Waals surface area (Å²) in [4.78, 5) is 12.0. The van der Waals surface area contributed by atoms with Crippen LogP contribution in [0.5, 0.6) is 0 Å². The number of hydrogen-bond donors (Lipinski definition) is 0. The van der Waals surface area contributed by atoms with Crippen molar-refractivity contribution in [3.63, 3.8) is 0 Å². The third-order valence-electron chi connectivity index (χ3n) is 2.31. The van der Waals surface area contributed by atoms with Crippen molar-refractivity contribution >= 4 is 29.0 Å². The van der Waals surface area contributed by atoms with Crippen LogP contribution in [-0.4, -0.2) is 25.3 Å². The van der Waals surface area contributed by atoms with E-state index in [4.69, 9.17) is 32.7 Å². The van der Waals surface area contributed by atoms with Crippen LogP contribution in [0.2, 0.25) is 10.0 Å². The lowest BCUT2D eigenvalue weighted by Gasteiger charge is -2.16. The van der Waals surface area contributed by atoms with Gasteiger partial charge in [0, 0.05) is 29.7 Å². The SMILES string of the molecule is CCOC(OCC)C(=O)Cc1c(Cl)cccc1Cl. The molecule has 0 heterocycles. The highest BCUT2D eigenvalue weighted by molar-refractivity contribution is 6.36. The third-order valence-corrected chi connectivity index (χ3v) is 3.02. The second kappa shape index (κ2) is 7.74. The number of halogens is 2. The van der Waals surface area contributed by atoms with Gasteiger partial charge in [-0.25, -0.2) is 0 Å². The average Bonchev–Trinajstić information content (AvgIpc) is 2.33. The molecule has 0 spiro atoms. The smallest absolute Gasteiger partial charge is 0.218 e. The van der Waals surface area contributed by atoms with E-state index in [0.717, 1.165) is 0 Å². The summed E-state index contributed by atoms with van der Waals surface area (Å²) in [6.07, 6.45) is -0.754. The van der Waals surface area contributed by atoms with Crippen LogP contribution in [0.15, 0.2) is 18.2 Å². The van der Waals surface area contributed by atoms with E-state index in [9.17, 15) is 4.79 Å². The first-order valence-electron chi connectivity index (χ1n) is 5.78. The lowest BCUT2D eigenvalue weighted by molar-refractivity contribution is -0.167. The van der Waals surface area contributed by atoms with Crippen LogP contribution >= 0.6 is 23.2 Å². The molecule has 1 aromatic carbocycles. The van der Waals surface area contributed by atoms with E-state index in [1.54, 1.807) is 18.2 Å². The Bertz CT molecular complexity index is 381. The van der Waals surface area contributed by atoms with Gasteiger partial charge in [-0.3, -0.25) is 4.79 Å². The second-order valence-corrected chi connectivity index (χ2v) is 4.40. The van der Waals surface area contributed by atoms with Gasteiger partial charge in [0.25, 0.3) is 0 Å². The van der Waals surface area contributed by atoms with Crippen LogP contribution in [-0.2, 0) is 20.7 Å². The molecular weight excluding hydrogens is 275 g/mol. The van der Waals surface area contributed by atoms with Crippen LogP contribution in [0.1, 0.15) is 19.4 Å². The molecule has 0 atom stereocenters. The number of carbonyl (C=O) groups excluding carboxylic acids is 1. The number of rotatable bonds is 7. The predicted molar refractivity (Wildman–Crippen MR) is 72.2 cm³/mol. The topological polar surface area (TPSA) is 35.5 Å². The minimum Gasteiger partial charge on any atom is -0.346 e. The summed E-state index contributed by atoms with van der Waals surface area (Å²) in [5, 5.41) is 0.949. The zero-order chi connectivity index (χ0) is 13.5. The molecule has 5 heteroatoms. The fourth-order valence-electron chi connectivity index (χ4n) is 1.50. The van der Waals surface area contributed by atoms with Crippen LogP contribution in [0.3, 0.4) is 0 Å². The van der Waals surface area contributed by atoms with Gasteiger partial charge >= 0.3 is 0 Å². The van der Waals surface area contributed by atoms with Crippen molar-refractivity contribution in [2.45, 2.75) is 26.6 Å². The standard InChI is InChI=1S/C13H16Cl2O3/c1-3-17-13(18-4-2)12(16)8-9-10(14)6-5-7-11(9)15/h5-7,13H,3-4,8H2,1-2H3. The maximum absolute atomic E-state index is 12.0. The number of benzene rings is 1. The van der Waals surface area contributed by atoms with E-state index in [1.807, 2.05) is 13.8 Å². The molecule has 0 unspecified atom stereocenters. The van der Waals surface area contributed by atoms with Gasteiger partial charge in [0.15, 0.2) is 5.78 Å². The molecule has 0 aliphatic rings. The summed E-state index contributed by atoms with van der Waals surface area (Å²) in [6.45, 7) is 4.43. The van der Waals surface area contributed by atoms with E-state index in [-0.39, 0.29) is 12.2 Å². The molecule has 18 heavy (non-hydrogen) atoms. The van der Waals surface area contributed by atoms with Crippen molar-refractivity contribution in [2.24, 2.45) is 0 Å². The number of Topliss-reactive ketones (excluding diaryl/α,β-unsaturated/α-hetero) is 1. The van der Waals surface area contributed by atoms with E-state index >= 15 is 0 Å². The Morgan fingerprint density at radius 1 is 1.17 bits per heavy atom. The molecule has 0 saturated heterocycles. The predicted octanol–water partition coefficient (Wildman–Crippen LogP) is 3.50. The summed E-state index contributed by atoms with van der Waals surface area (Å²) in [6, 6.07) is 5.14. The van der Waals surface area contributed by atoms with Crippen molar-refractivity contribution in [3.05, 3.63) is 33.8 Å². The number of ketones is 1. The molecule has 0 bridgehead atoms. The summed E-state index contributed by atoms with van der Waals surface area (Å²) in [5.41, 5.74) is 0.607. The summed E-state index contributed by atoms with van der Waals surface area (Å²) in [7, 11) is 0. The van der Waals surface area contributed by atoms with E-state index in [0.29, 0.717) is 28.8 Å². The van der Waals surface area contributed by atoms with Crippen LogP contribution in [0, 0.1) is 0 Å². The van der Waals surface area contributed by atoms with E-state index < -0.39 is 6.29 Å². The molecule has 3 nitrogen and oxygen atoms in total. The van der Waals surface area contributed by atoms with Gasteiger partial charge in [-0.05, 0) is 31.5 Å². The zero-order valence-corrected chi connectivity index (χ0v) is 11.9. The molecule has 1 aromatic rings. The minimum absolute atomic E-state index is 0.100. The van der Waals surface area contributed by atoms with E-state index in [1.165, 1.54) is 0 Å². The molecule has 0 N–H and O–H groups in total. The monoisotopic (exact) mass is 290 g/mol. The highest BCUT2D eigenvalue weighted by atomic mass is 35.5. The fraction of sp³-hybridized carbons (Fsp3) is 0.462. The number of carbonyl (C=O) groups is 1. The molecule has 0 amide bonds. The van der Waals surface area contributed by atoms with Gasteiger partial charge in [-0.2, -0.15) is 0 Å². The maximum atomic E-state index is 12.0. The van der Waals surface area contributed by atoms with Crippen LogP contribution in [0.25, 0.3) is 0 Å². The van der Waals surface area contributed by atoms with Gasteiger partial charge in [0.2, 0.25) is 6.29 Å². The van der Waals surface area contributed by atoms with Crippen molar-refractivity contribution < 1.29 is 14.3 Å². The van der Waals surface area contributed by atoms with E-state index in [2.05, 4.69) is 0 Å². The fourth-order valence-corrected chi connectivity index (χ4v) is 2.03. The van der Waals surface area contributed by atoms with Gasteiger partial charge < -0.3 is 9.47 Å². The largest absolute Gasteiger partial charge is 0.346 e. The maximum Gasteiger partial charge on any atom is 0.218 e. The Morgan fingerprint density at radius 2 is 1.67 bits per heavy atom. The molecule has 0 aliphatic carbocycles. The van der Waals surface area contributed by atoms with Crippen molar-refractivity contribution in [2.75, 3.05) is 13.2 Å². The second-order valence-electron chi connectivity index (χ2n) is 3.59. The molecular formula is C13H16Cl2O3. The molecule has 0 saturated carbocycles. The highest BCUT2D eigenvalue weighted by Crippen LogP contribution is 2.25. The first-order valence-corrected chi connectivity index (χ1v) is 6.54. The number of hydrogen-bond acceptors (Lipinski definition) is 3. The normalized spacial score (nSPS) is 10.9. The third kappa shape index (κ3) is 4.25. The number of ether oxygens (including phenoxy) is 2. The molecule has 0 aromatic heterocycles. The average molecular weight is 291 g/mol. The van der Waals surface area contributed by atoms with Crippen molar-refractivity contribution in [1.29, 1.82) is 0 Å². The molecule has 100 valence electrons. The molecule has 0 aliphatic heterocycles. The Hall–Kier alpha value is -0.610. The van der Waals surface area contributed by atoms with Crippen LogP contribution in [0.4, 0.5) is 0 Å². The van der Waals surface area contributed by atoms with Gasteiger partial charge in [0.05, 0.1) is 0 Å². The Kier molecular flexibility index (Phi) is 6.65. The minimum atomic E-state index is -0.854. The first-order chi connectivity index (χ1) is 8.60. The van der Waals surface area contributed by atoms with Crippen molar-refractivity contribution in [1.82, 2.24) is 0 Å². The summed E-state index contributed by atoms with van der Waals surface area (Å²) >= 11 is 12.0. The molecule has 0 radical (unpaired) electrons.